The van der Waals surface area contributed by atoms with E-state index < -0.39 is 0 Å². The highest BCUT2D eigenvalue weighted by molar-refractivity contribution is 5.86. The molecule has 0 aliphatic carbocycles. The molecule has 0 radical (unpaired) electrons. The van der Waals surface area contributed by atoms with Crippen LogP contribution in [0, 0.1) is 6.92 Å². The molecule has 0 N–H and O–H groups in total. The van der Waals surface area contributed by atoms with Gasteiger partial charge in [0.25, 0.3) is 0 Å². The molecular weight excluding hydrogens is 336 g/mol. The smallest absolute Gasteiger partial charge is 0.329 e. The van der Waals surface area contributed by atoms with Gasteiger partial charge in [0.05, 0.1) is 28.7 Å². The normalized spacial score (nSPS) is 11.4. The molecule has 2 aromatic heterocycles. The summed E-state index contributed by atoms with van der Waals surface area (Å²) in [5.74, 6) is 0. The molecule has 2 aromatic carbocycles. The Hall–Kier alpha value is -3.08. The van der Waals surface area contributed by atoms with E-state index in [1.165, 1.54) is 5.56 Å². The predicted octanol–water partition coefficient (Wildman–Crippen LogP) is 4.22. The van der Waals surface area contributed by atoms with Crippen molar-refractivity contribution in [3.05, 3.63) is 64.8 Å². The highest BCUT2D eigenvalue weighted by Crippen LogP contribution is 2.32. The monoisotopic (exact) mass is 360 g/mol. The zero-order valence-electron chi connectivity index (χ0n) is 16.2. The van der Waals surface area contributed by atoms with Crippen LogP contribution in [0.1, 0.15) is 19.4 Å². The Morgan fingerprint density at radius 3 is 2.37 bits per heavy atom. The van der Waals surface area contributed by atoms with Crippen molar-refractivity contribution >= 4 is 11.0 Å². The Labute approximate surface area is 158 Å². The van der Waals surface area contributed by atoms with Gasteiger partial charge in [0.15, 0.2) is 0 Å². The Bertz CT molecular complexity index is 1190. The molecule has 4 aromatic rings. The van der Waals surface area contributed by atoms with Gasteiger partial charge in [-0.3, -0.25) is 9.13 Å². The van der Waals surface area contributed by atoms with Crippen molar-refractivity contribution in [2.75, 3.05) is 0 Å². The standard InChI is InChI=1S/C22H24N4O/c1-5-25-18-11-10-17(13-19(18)26(6-2)22(25)27)21-20(23-14-24(21)4)16-9-7-8-15(3)12-16/h7-14H,5-6H2,1-4H3. The molecule has 138 valence electrons. The zero-order valence-corrected chi connectivity index (χ0v) is 16.2. The fourth-order valence-electron chi connectivity index (χ4n) is 3.85. The third kappa shape index (κ3) is 2.70. The van der Waals surface area contributed by atoms with Crippen molar-refractivity contribution in [2.24, 2.45) is 7.05 Å². The summed E-state index contributed by atoms with van der Waals surface area (Å²) in [6, 6.07) is 14.6. The molecule has 27 heavy (non-hydrogen) atoms. The number of aromatic nitrogens is 4. The fourth-order valence-corrected chi connectivity index (χ4v) is 3.85. The Balaban J connectivity index is 1.96. The maximum Gasteiger partial charge on any atom is 0.329 e. The van der Waals surface area contributed by atoms with Crippen molar-refractivity contribution in [2.45, 2.75) is 33.9 Å². The van der Waals surface area contributed by atoms with E-state index in [0.29, 0.717) is 13.1 Å². The van der Waals surface area contributed by atoms with E-state index >= 15 is 0 Å². The van der Waals surface area contributed by atoms with Crippen LogP contribution in [-0.4, -0.2) is 18.7 Å². The molecule has 0 aliphatic heterocycles. The largest absolute Gasteiger partial charge is 0.333 e. The van der Waals surface area contributed by atoms with Crippen LogP contribution < -0.4 is 5.69 Å². The summed E-state index contributed by atoms with van der Waals surface area (Å²) < 4.78 is 5.71. The lowest BCUT2D eigenvalue weighted by Gasteiger charge is -2.09. The van der Waals surface area contributed by atoms with Gasteiger partial charge in [-0.05, 0) is 39.0 Å². The minimum absolute atomic E-state index is 0.0519. The molecule has 0 saturated carbocycles. The maximum atomic E-state index is 12.6. The molecule has 5 nitrogen and oxygen atoms in total. The number of imidazole rings is 2. The Kier molecular flexibility index (Phi) is 4.22. The second-order valence-electron chi connectivity index (χ2n) is 6.90. The lowest BCUT2D eigenvalue weighted by atomic mass is 10.0. The van der Waals surface area contributed by atoms with E-state index in [2.05, 4.69) is 54.4 Å². The zero-order chi connectivity index (χ0) is 19.1. The van der Waals surface area contributed by atoms with E-state index in [0.717, 1.165) is 33.5 Å². The van der Waals surface area contributed by atoms with Crippen molar-refractivity contribution < 1.29 is 0 Å². The predicted molar refractivity (Wildman–Crippen MR) is 110 cm³/mol. The summed E-state index contributed by atoms with van der Waals surface area (Å²) in [5.41, 5.74) is 7.39. The summed E-state index contributed by atoms with van der Waals surface area (Å²) in [5, 5.41) is 0. The van der Waals surface area contributed by atoms with Crippen molar-refractivity contribution in [1.82, 2.24) is 18.7 Å². The van der Waals surface area contributed by atoms with Crippen LogP contribution in [0.15, 0.2) is 53.6 Å². The minimum Gasteiger partial charge on any atom is -0.333 e. The first-order valence-corrected chi connectivity index (χ1v) is 9.37. The molecule has 0 unspecified atom stereocenters. The minimum atomic E-state index is 0.0519. The van der Waals surface area contributed by atoms with Gasteiger partial charge in [0.1, 0.15) is 0 Å². The fraction of sp³-hybridized carbons (Fsp3) is 0.273. The third-order valence-corrected chi connectivity index (χ3v) is 5.15. The number of aryl methyl sites for hydroxylation is 4. The van der Waals surface area contributed by atoms with Crippen LogP contribution in [0.3, 0.4) is 0 Å². The van der Waals surface area contributed by atoms with Gasteiger partial charge < -0.3 is 4.57 Å². The summed E-state index contributed by atoms with van der Waals surface area (Å²) in [6.45, 7) is 7.43. The van der Waals surface area contributed by atoms with Gasteiger partial charge in [0, 0.05) is 31.3 Å². The lowest BCUT2D eigenvalue weighted by Crippen LogP contribution is -2.23. The van der Waals surface area contributed by atoms with Crippen LogP contribution in [0.2, 0.25) is 0 Å². The number of hydrogen-bond acceptors (Lipinski definition) is 2. The second kappa shape index (κ2) is 6.58. The number of benzene rings is 2. The molecule has 0 aliphatic rings. The van der Waals surface area contributed by atoms with Crippen LogP contribution in [-0.2, 0) is 20.1 Å². The summed E-state index contributed by atoms with van der Waals surface area (Å²) in [7, 11) is 2.01. The molecule has 0 amide bonds. The van der Waals surface area contributed by atoms with E-state index in [9.17, 15) is 4.79 Å². The first-order valence-electron chi connectivity index (χ1n) is 9.37. The maximum absolute atomic E-state index is 12.6. The number of nitrogens with zero attached hydrogens (tertiary/aromatic N) is 4. The van der Waals surface area contributed by atoms with Gasteiger partial charge in [-0.2, -0.15) is 0 Å². The number of rotatable bonds is 4. The molecule has 0 fully saturated rings. The molecule has 0 bridgehead atoms. The van der Waals surface area contributed by atoms with Gasteiger partial charge >= 0.3 is 5.69 Å². The van der Waals surface area contributed by atoms with Crippen LogP contribution >= 0.6 is 0 Å². The van der Waals surface area contributed by atoms with Crippen molar-refractivity contribution in [3.8, 4) is 22.5 Å². The van der Waals surface area contributed by atoms with E-state index in [1.807, 2.05) is 40.9 Å². The van der Waals surface area contributed by atoms with Crippen molar-refractivity contribution in [3.63, 3.8) is 0 Å². The molecule has 0 saturated heterocycles. The summed E-state index contributed by atoms with van der Waals surface area (Å²) in [4.78, 5) is 17.3. The number of hydrogen-bond donors (Lipinski definition) is 0. The summed E-state index contributed by atoms with van der Waals surface area (Å²) >= 11 is 0. The average Bonchev–Trinajstić information content (AvgIpc) is 3.17. The first-order chi connectivity index (χ1) is 13.0. The number of fused-ring (bicyclic) bond motifs is 1. The SMILES string of the molecule is CCn1c(=O)n(CC)c2cc(-c3c(-c4cccc(C)c4)ncn3C)ccc21. The molecule has 0 atom stereocenters. The highest BCUT2D eigenvalue weighted by Gasteiger charge is 2.17. The highest BCUT2D eigenvalue weighted by atomic mass is 16.1. The van der Waals surface area contributed by atoms with Crippen molar-refractivity contribution in [1.29, 1.82) is 0 Å². The van der Waals surface area contributed by atoms with Crippen LogP contribution in [0.25, 0.3) is 33.5 Å². The quantitative estimate of drug-likeness (QED) is 0.547. The van der Waals surface area contributed by atoms with Crippen LogP contribution in [0.4, 0.5) is 0 Å². The average molecular weight is 360 g/mol. The Morgan fingerprint density at radius 2 is 1.67 bits per heavy atom. The molecule has 0 spiro atoms. The van der Waals surface area contributed by atoms with Gasteiger partial charge in [-0.1, -0.05) is 29.8 Å². The molecule has 2 heterocycles. The Morgan fingerprint density at radius 1 is 0.926 bits per heavy atom. The van der Waals surface area contributed by atoms with Gasteiger partial charge in [-0.25, -0.2) is 9.78 Å². The topological polar surface area (TPSA) is 44.8 Å². The van der Waals surface area contributed by atoms with Gasteiger partial charge in [-0.15, -0.1) is 0 Å². The summed E-state index contributed by atoms with van der Waals surface area (Å²) in [6.07, 6.45) is 1.85. The third-order valence-electron chi connectivity index (χ3n) is 5.15. The molecule has 5 heteroatoms. The van der Waals surface area contributed by atoms with E-state index in [-0.39, 0.29) is 5.69 Å². The van der Waals surface area contributed by atoms with E-state index in [1.54, 1.807) is 0 Å². The molecule has 4 rings (SSSR count). The second-order valence-corrected chi connectivity index (χ2v) is 6.90. The first kappa shape index (κ1) is 17.3. The van der Waals surface area contributed by atoms with Gasteiger partial charge in [0.2, 0.25) is 0 Å². The molecular formula is C22H24N4O. The van der Waals surface area contributed by atoms with Crippen LogP contribution in [0.5, 0.6) is 0 Å². The lowest BCUT2D eigenvalue weighted by molar-refractivity contribution is 0.671. The van der Waals surface area contributed by atoms with E-state index in [4.69, 9.17) is 0 Å².